The van der Waals surface area contributed by atoms with Gasteiger partial charge in [0.05, 0.1) is 24.8 Å². The first-order valence-electron chi connectivity index (χ1n) is 12.8. The third kappa shape index (κ3) is 6.99. The Bertz CT molecular complexity index is 1220. The molecule has 0 aromatic heterocycles. The monoisotopic (exact) mass is 538 g/mol. The van der Waals surface area contributed by atoms with Gasteiger partial charge < -0.3 is 29.6 Å². The number of hydrogen-bond acceptors (Lipinski definition) is 6. The number of amides is 1. The number of benzene rings is 3. The number of aldehydes is 1. The van der Waals surface area contributed by atoms with Gasteiger partial charge in [-0.3, -0.25) is 4.79 Å². The number of ether oxygens (including phenoxy) is 2. The molecule has 0 saturated carbocycles. The molecular formula is C30H32F2N2O5. The maximum absolute atomic E-state index is 13.6. The summed E-state index contributed by atoms with van der Waals surface area (Å²) in [5, 5.41) is 13.4. The van der Waals surface area contributed by atoms with Gasteiger partial charge in [0.2, 0.25) is 0 Å². The number of nitrogens with one attached hydrogen (secondary N) is 1. The summed E-state index contributed by atoms with van der Waals surface area (Å²) in [5.74, 6) is -0.610. The molecule has 7 nitrogen and oxygen atoms in total. The maximum Gasteiger partial charge on any atom is 0.258 e. The van der Waals surface area contributed by atoms with E-state index in [4.69, 9.17) is 9.47 Å². The molecule has 4 rings (SSSR count). The third-order valence-corrected chi connectivity index (χ3v) is 6.98. The highest BCUT2D eigenvalue weighted by atomic mass is 19.1. The fraction of sp³-hybridized carbons (Fsp3) is 0.333. The van der Waals surface area contributed by atoms with E-state index in [0.717, 1.165) is 11.8 Å². The Morgan fingerprint density at radius 2 is 1.67 bits per heavy atom. The van der Waals surface area contributed by atoms with Crippen molar-refractivity contribution in [3.63, 3.8) is 0 Å². The van der Waals surface area contributed by atoms with Crippen molar-refractivity contribution in [2.24, 2.45) is 5.92 Å². The van der Waals surface area contributed by atoms with Crippen LogP contribution in [0.25, 0.3) is 0 Å². The first-order chi connectivity index (χ1) is 18.9. The summed E-state index contributed by atoms with van der Waals surface area (Å²) in [5.41, 5.74) is 2.23. The van der Waals surface area contributed by atoms with E-state index in [1.165, 1.54) is 24.3 Å². The van der Waals surface area contributed by atoms with Crippen LogP contribution < -0.4 is 15.0 Å². The molecule has 1 saturated heterocycles. The molecule has 0 spiro atoms. The Hall–Kier alpha value is -3.82. The van der Waals surface area contributed by atoms with Gasteiger partial charge in [0, 0.05) is 25.3 Å². The molecule has 206 valence electrons. The van der Waals surface area contributed by atoms with Gasteiger partial charge in [0.15, 0.2) is 6.61 Å². The highest BCUT2D eigenvalue weighted by molar-refractivity contribution is 5.77. The standard InChI is InChI=1S/C30H32F2N2O5/c1-38-17-16-33-29(37)19-39-25-12-4-21(5-13-25)30-26(14-15-28(36)20-2-6-22(31)7-3-20)27(18-35)34(30)24-10-8-23(32)9-11-24/h2-13,18,26-28,30,36H,14-17,19H2,1H3,(H,33,37). The molecule has 0 bridgehead atoms. The van der Waals surface area contributed by atoms with Gasteiger partial charge in [-0.2, -0.15) is 0 Å². The maximum atomic E-state index is 13.6. The SMILES string of the molecule is COCCNC(=O)COc1ccc(C2C(CCC(O)c3ccc(F)cc3)C(C=O)N2c2ccc(F)cc2)cc1. The van der Waals surface area contributed by atoms with Crippen LogP contribution in [0.5, 0.6) is 5.75 Å². The van der Waals surface area contributed by atoms with Gasteiger partial charge >= 0.3 is 0 Å². The zero-order chi connectivity index (χ0) is 27.8. The number of aliphatic hydroxyl groups excluding tert-OH is 1. The van der Waals surface area contributed by atoms with E-state index in [-0.39, 0.29) is 36.1 Å². The fourth-order valence-electron chi connectivity index (χ4n) is 4.99. The lowest BCUT2D eigenvalue weighted by molar-refractivity contribution is -0.123. The molecule has 1 amide bonds. The van der Waals surface area contributed by atoms with E-state index < -0.39 is 12.1 Å². The predicted octanol–water partition coefficient (Wildman–Crippen LogP) is 4.37. The van der Waals surface area contributed by atoms with Gasteiger partial charge in [0.25, 0.3) is 5.91 Å². The second kappa shape index (κ2) is 13.3. The topological polar surface area (TPSA) is 88.1 Å². The lowest BCUT2D eigenvalue weighted by Crippen LogP contribution is -2.59. The molecular weight excluding hydrogens is 506 g/mol. The molecule has 0 radical (unpaired) electrons. The molecule has 39 heavy (non-hydrogen) atoms. The largest absolute Gasteiger partial charge is 0.484 e. The summed E-state index contributed by atoms with van der Waals surface area (Å²) < 4.78 is 37.4. The highest BCUT2D eigenvalue weighted by Gasteiger charge is 2.48. The number of halogens is 2. The lowest BCUT2D eigenvalue weighted by Gasteiger charge is -2.55. The minimum Gasteiger partial charge on any atom is -0.484 e. The van der Waals surface area contributed by atoms with Gasteiger partial charge in [-0.05, 0) is 72.5 Å². The van der Waals surface area contributed by atoms with Crippen LogP contribution in [0, 0.1) is 17.6 Å². The number of aliphatic hydroxyl groups is 1. The van der Waals surface area contributed by atoms with E-state index in [2.05, 4.69) is 5.32 Å². The zero-order valence-corrected chi connectivity index (χ0v) is 21.6. The van der Waals surface area contributed by atoms with Crippen molar-refractivity contribution >= 4 is 17.9 Å². The van der Waals surface area contributed by atoms with Gasteiger partial charge in [-0.15, -0.1) is 0 Å². The number of anilines is 1. The molecule has 1 fully saturated rings. The molecule has 4 atom stereocenters. The molecule has 9 heteroatoms. The zero-order valence-electron chi connectivity index (χ0n) is 21.6. The molecule has 3 aromatic rings. The van der Waals surface area contributed by atoms with Crippen molar-refractivity contribution in [3.05, 3.63) is 95.6 Å². The van der Waals surface area contributed by atoms with Gasteiger partial charge in [-0.1, -0.05) is 24.3 Å². The second-order valence-corrected chi connectivity index (χ2v) is 9.46. The summed E-state index contributed by atoms with van der Waals surface area (Å²) in [6.45, 7) is 0.676. The normalized spacial score (nSPS) is 19.2. The molecule has 4 unspecified atom stereocenters. The van der Waals surface area contributed by atoms with Gasteiger partial charge in [0.1, 0.15) is 23.7 Å². The van der Waals surface area contributed by atoms with Crippen molar-refractivity contribution in [1.82, 2.24) is 5.32 Å². The Morgan fingerprint density at radius 1 is 1.03 bits per heavy atom. The summed E-state index contributed by atoms with van der Waals surface area (Å²) in [7, 11) is 1.55. The lowest BCUT2D eigenvalue weighted by atomic mass is 9.73. The number of methoxy groups -OCH3 is 1. The van der Waals surface area contributed by atoms with Crippen LogP contribution in [-0.2, 0) is 14.3 Å². The quantitative estimate of drug-likeness (QED) is 0.248. The number of carbonyl (C=O) groups is 2. The number of carbonyl (C=O) groups excluding carboxylic acids is 2. The first-order valence-corrected chi connectivity index (χ1v) is 12.8. The van der Waals surface area contributed by atoms with Crippen molar-refractivity contribution < 1.29 is 33.0 Å². The summed E-state index contributed by atoms with van der Waals surface area (Å²) in [6, 6.07) is 18.3. The first kappa shape index (κ1) is 28.2. The van der Waals surface area contributed by atoms with Crippen molar-refractivity contribution in [2.75, 3.05) is 31.8 Å². The van der Waals surface area contributed by atoms with Gasteiger partial charge in [-0.25, -0.2) is 8.78 Å². The van der Waals surface area contributed by atoms with Crippen LogP contribution >= 0.6 is 0 Å². The molecule has 1 heterocycles. The number of hydrogen-bond donors (Lipinski definition) is 2. The van der Waals surface area contributed by atoms with Crippen LogP contribution in [0.15, 0.2) is 72.8 Å². The Kier molecular flexibility index (Phi) is 9.62. The predicted molar refractivity (Wildman–Crippen MR) is 142 cm³/mol. The molecule has 1 aliphatic heterocycles. The van der Waals surface area contributed by atoms with Crippen LogP contribution in [0.4, 0.5) is 14.5 Å². The number of rotatable bonds is 13. The summed E-state index contributed by atoms with van der Waals surface area (Å²) >= 11 is 0. The average Bonchev–Trinajstić information content (AvgIpc) is 2.93. The Labute approximate surface area is 226 Å². The van der Waals surface area contributed by atoms with E-state index >= 15 is 0 Å². The van der Waals surface area contributed by atoms with Crippen LogP contribution in [-0.4, -0.2) is 50.2 Å². The molecule has 3 aromatic carbocycles. The van der Waals surface area contributed by atoms with Crippen LogP contribution in [0.1, 0.15) is 36.1 Å². The summed E-state index contributed by atoms with van der Waals surface area (Å²) in [6.07, 6.45) is 0.996. The molecule has 1 aliphatic rings. The van der Waals surface area contributed by atoms with Crippen LogP contribution in [0.3, 0.4) is 0 Å². The van der Waals surface area contributed by atoms with E-state index in [1.807, 2.05) is 17.0 Å². The van der Waals surface area contributed by atoms with Crippen molar-refractivity contribution in [3.8, 4) is 5.75 Å². The minimum atomic E-state index is -0.802. The average molecular weight is 539 g/mol. The van der Waals surface area contributed by atoms with Crippen molar-refractivity contribution in [2.45, 2.75) is 31.0 Å². The Morgan fingerprint density at radius 3 is 2.28 bits per heavy atom. The fourth-order valence-corrected chi connectivity index (χ4v) is 4.99. The van der Waals surface area contributed by atoms with Crippen molar-refractivity contribution in [1.29, 1.82) is 0 Å². The highest BCUT2D eigenvalue weighted by Crippen LogP contribution is 2.49. The smallest absolute Gasteiger partial charge is 0.258 e. The van der Waals surface area contributed by atoms with E-state index in [1.54, 1.807) is 43.5 Å². The van der Waals surface area contributed by atoms with Crippen LogP contribution in [0.2, 0.25) is 0 Å². The summed E-state index contributed by atoms with van der Waals surface area (Å²) in [4.78, 5) is 26.0. The number of nitrogens with zero attached hydrogens (tertiary/aromatic N) is 1. The Balaban J connectivity index is 1.49. The minimum absolute atomic E-state index is 0.124. The van der Waals surface area contributed by atoms with E-state index in [0.29, 0.717) is 43.0 Å². The molecule has 0 aliphatic carbocycles. The van der Waals surface area contributed by atoms with E-state index in [9.17, 15) is 23.5 Å². The molecule has 2 N–H and O–H groups in total. The second-order valence-electron chi connectivity index (χ2n) is 9.46. The third-order valence-electron chi connectivity index (χ3n) is 6.98.